The van der Waals surface area contributed by atoms with Crippen molar-refractivity contribution in [1.29, 1.82) is 0 Å². The van der Waals surface area contributed by atoms with E-state index in [1.807, 2.05) is 6.08 Å². The molecule has 0 aliphatic carbocycles. The molecule has 0 aromatic heterocycles. The van der Waals surface area contributed by atoms with Gasteiger partial charge in [0, 0.05) is 45.4 Å². The summed E-state index contributed by atoms with van der Waals surface area (Å²) < 4.78 is 13.0. The van der Waals surface area contributed by atoms with Gasteiger partial charge in [-0.15, -0.1) is 0 Å². The minimum atomic E-state index is -0.205. The third-order valence-corrected chi connectivity index (χ3v) is 5.20. The average molecular weight is 368 g/mol. The second-order valence-corrected chi connectivity index (χ2v) is 7.34. The van der Waals surface area contributed by atoms with Gasteiger partial charge in [0.1, 0.15) is 5.82 Å². The molecule has 1 atom stereocenters. The highest BCUT2D eigenvalue weighted by atomic mass is 19.1. The van der Waals surface area contributed by atoms with Crippen LogP contribution < -0.4 is 0 Å². The summed E-state index contributed by atoms with van der Waals surface area (Å²) in [5.41, 5.74) is 3.62. The summed E-state index contributed by atoms with van der Waals surface area (Å²) in [6, 6.07) is 15.6. The Kier molecular flexibility index (Phi) is 7.16. The molecule has 0 bridgehead atoms. The molecule has 0 radical (unpaired) electrons. The van der Waals surface area contributed by atoms with Crippen LogP contribution in [0.1, 0.15) is 23.1 Å². The van der Waals surface area contributed by atoms with Gasteiger partial charge in [-0.25, -0.2) is 4.39 Å². The highest BCUT2D eigenvalue weighted by Gasteiger charge is 2.25. The van der Waals surface area contributed by atoms with Gasteiger partial charge in [-0.3, -0.25) is 9.80 Å². The molecule has 144 valence electrons. The minimum absolute atomic E-state index is 0.205. The Labute approximate surface area is 161 Å². The third-order valence-electron chi connectivity index (χ3n) is 5.20. The molecule has 0 saturated carbocycles. The van der Waals surface area contributed by atoms with Crippen LogP contribution in [0.15, 0.2) is 54.6 Å². The predicted octanol–water partition coefficient (Wildman–Crippen LogP) is 3.72. The lowest BCUT2D eigenvalue weighted by Gasteiger charge is -2.41. The Morgan fingerprint density at radius 2 is 1.81 bits per heavy atom. The second kappa shape index (κ2) is 9.79. The van der Waals surface area contributed by atoms with E-state index in [-0.39, 0.29) is 12.4 Å². The molecule has 0 amide bonds. The fourth-order valence-corrected chi connectivity index (χ4v) is 3.59. The minimum Gasteiger partial charge on any atom is -0.396 e. The van der Waals surface area contributed by atoms with E-state index in [0.717, 1.165) is 44.7 Å². The van der Waals surface area contributed by atoms with Gasteiger partial charge in [-0.1, -0.05) is 54.1 Å². The maximum Gasteiger partial charge on any atom is 0.123 e. The molecule has 1 N–H and O–H groups in total. The van der Waals surface area contributed by atoms with E-state index in [9.17, 15) is 9.50 Å². The maximum absolute atomic E-state index is 13.0. The summed E-state index contributed by atoms with van der Waals surface area (Å²) in [4.78, 5) is 4.91. The first-order valence-electron chi connectivity index (χ1n) is 9.69. The summed E-state index contributed by atoms with van der Waals surface area (Å²) in [6.07, 6.45) is 4.97. The van der Waals surface area contributed by atoms with E-state index in [1.165, 1.54) is 23.3 Å². The first-order chi connectivity index (χ1) is 13.1. The molecule has 2 aromatic rings. The van der Waals surface area contributed by atoms with E-state index >= 15 is 0 Å². The van der Waals surface area contributed by atoms with Crippen molar-refractivity contribution in [3.8, 4) is 0 Å². The summed E-state index contributed by atoms with van der Waals surface area (Å²) >= 11 is 0. The Morgan fingerprint density at radius 1 is 1.07 bits per heavy atom. The molecule has 1 saturated heterocycles. The summed E-state index contributed by atoms with van der Waals surface area (Å²) in [6.45, 7) is 7.11. The standard InChI is InChI=1S/C23H29FN2O/c1-19-4-6-21(7-5-19)17-26-15-14-25(18-23(26)12-16-27)13-2-3-20-8-10-22(24)11-9-20/h2-11,23,27H,12-18H2,1H3/b3-2+/t23-/m0/s1. The first kappa shape index (κ1) is 19.7. The van der Waals surface area contributed by atoms with Crippen molar-refractivity contribution in [3.63, 3.8) is 0 Å². The van der Waals surface area contributed by atoms with Crippen LogP contribution in [0.5, 0.6) is 0 Å². The quantitative estimate of drug-likeness (QED) is 0.807. The van der Waals surface area contributed by atoms with E-state index < -0.39 is 0 Å². The van der Waals surface area contributed by atoms with Crippen molar-refractivity contribution < 1.29 is 9.50 Å². The Hall–Kier alpha value is -2.01. The van der Waals surface area contributed by atoms with Crippen LogP contribution in [0.2, 0.25) is 0 Å². The molecule has 4 heteroatoms. The van der Waals surface area contributed by atoms with Gasteiger partial charge in [0.15, 0.2) is 0 Å². The third kappa shape index (κ3) is 5.99. The number of hydrogen-bond donors (Lipinski definition) is 1. The molecule has 1 aliphatic heterocycles. The lowest BCUT2D eigenvalue weighted by atomic mass is 10.1. The number of benzene rings is 2. The monoisotopic (exact) mass is 368 g/mol. The number of nitrogens with zero attached hydrogens (tertiary/aromatic N) is 2. The normalized spacial score (nSPS) is 19.0. The highest BCUT2D eigenvalue weighted by molar-refractivity contribution is 5.48. The average Bonchev–Trinajstić information content (AvgIpc) is 2.67. The van der Waals surface area contributed by atoms with Crippen LogP contribution in [0.3, 0.4) is 0 Å². The number of piperazine rings is 1. The van der Waals surface area contributed by atoms with Gasteiger partial charge < -0.3 is 5.11 Å². The van der Waals surface area contributed by atoms with Crippen molar-refractivity contribution >= 4 is 6.08 Å². The van der Waals surface area contributed by atoms with Gasteiger partial charge in [0.05, 0.1) is 0 Å². The molecule has 0 spiro atoms. The van der Waals surface area contributed by atoms with Crippen LogP contribution in [-0.2, 0) is 6.54 Å². The lowest BCUT2D eigenvalue weighted by Crippen LogP contribution is -2.52. The van der Waals surface area contributed by atoms with Crippen LogP contribution in [-0.4, -0.2) is 53.7 Å². The molecule has 2 aromatic carbocycles. The Morgan fingerprint density at radius 3 is 2.52 bits per heavy atom. The van der Waals surface area contributed by atoms with Gasteiger partial charge >= 0.3 is 0 Å². The topological polar surface area (TPSA) is 26.7 Å². The number of rotatable bonds is 7. The van der Waals surface area contributed by atoms with E-state index in [0.29, 0.717) is 6.04 Å². The number of aliphatic hydroxyl groups excluding tert-OH is 1. The van der Waals surface area contributed by atoms with Gasteiger partial charge in [-0.2, -0.15) is 0 Å². The predicted molar refractivity (Wildman–Crippen MR) is 109 cm³/mol. The van der Waals surface area contributed by atoms with Crippen molar-refractivity contribution in [1.82, 2.24) is 9.80 Å². The van der Waals surface area contributed by atoms with Gasteiger partial charge in [0.25, 0.3) is 0 Å². The fourth-order valence-electron chi connectivity index (χ4n) is 3.59. The zero-order valence-electron chi connectivity index (χ0n) is 16.0. The van der Waals surface area contributed by atoms with E-state index in [2.05, 4.69) is 47.1 Å². The Balaban J connectivity index is 1.54. The molecule has 27 heavy (non-hydrogen) atoms. The maximum atomic E-state index is 13.0. The van der Waals surface area contributed by atoms with Crippen molar-refractivity contribution in [2.24, 2.45) is 0 Å². The molecule has 0 unspecified atom stereocenters. The van der Waals surface area contributed by atoms with E-state index in [4.69, 9.17) is 0 Å². The zero-order valence-corrected chi connectivity index (χ0v) is 16.0. The smallest absolute Gasteiger partial charge is 0.123 e. The molecule has 1 heterocycles. The molecular formula is C23H29FN2O. The highest BCUT2D eigenvalue weighted by Crippen LogP contribution is 2.17. The number of hydrogen-bond acceptors (Lipinski definition) is 3. The number of aliphatic hydroxyl groups is 1. The number of aryl methyl sites for hydroxylation is 1. The second-order valence-electron chi connectivity index (χ2n) is 7.34. The van der Waals surface area contributed by atoms with Gasteiger partial charge in [-0.05, 0) is 36.6 Å². The molecular weight excluding hydrogens is 339 g/mol. The zero-order chi connectivity index (χ0) is 19.1. The van der Waals surface area contributed by atoms with Crippen LogP contribution in [0.4, 0.5) is 4.39 Å². The SMILES string of the molecule is Cc1ccc(CN2CCN(C/C=C/c3ccc(F)cc3)C[C@@H]2CCO)cc1. The van der Waals surface area contributed by atoms with Crippen molar-refractivity contribution in [2.75, 3.05) is 32.8 Å². The van der Waals surface area contributed by atoms with Gasteiger partial charge in [0.2, 0.25) is 0 Å². The summed E-state index contributed by atoms with van der Waals surface area (Å²) in [5, 5.41) is 9.48. The van der Waals surface area contributed by atoms with Crippen LogP contribution in [0.25, 0.3) is 6.08 Å². The van der Waals surface area contributed by atoms with Crippen molar-refractivity contribution in [2.45, 2.75) is 25.9 Å². The fraction of sp³-hybridized carbons (Fsp3) is 0.391. The molecule has 3 rings (SSSR count). The first-order valence-corrected chi connectivity index (χ1v) is 9.69. The van der Waals surface area contributed by atoms with Crippen molar-refractivity contribution in [3.05, 3.63) is 77.1 Å². The largest absolute Gasteiger partial charge is 0.396 e. The molecule has 1 fully saturated rings. The molecule has 1 aliphatic rings. The summed E-state index contributed by atoms with van der Waals surface area (Å²) in [7, 11) is 0. The van der Waals surface area contributed by atoms with E-state index in [1.54, 1.807) is 12.1 Å². The molecule has 3 nitrogen and oxygen atoms in total. The van der Waals surface area contributed by atoms with Crippen LogP contribution in [0, 0.1) is 12.7 Å². The lowest BCUT2D eigenvalue weighted by molar-refractivity contribution is 0.0597. The Bertz CT molecular complexity index is 727. The number of halogens is 1. The summed E-state index contributed by atoms with van der Waals surface area (Å²) in [5.74, 6) is -0.205. The van der Waals surface area contributed by atoms with Crippen LogP contribution >= 0.6 is 0 Å².